The molecule has 1 N–H and O–H groups in total. The fraction of sp³-hybridized carbons (Fsp3) is 0.850. The van der Waals surface area contributed by atoms with Crippen LogP contribution in [0.15, 0.2) is 12.7 Å². The Bertz CT molecular complexity index is 529. The summed E-state index contributed by atoms with van der Waals surface area (Å²) in [4.78, 5) is 12.0. The van der Waals surface area contributed by atoms with Crippen molar-refractivity contribution in [1.29, 1.82) is 0 Å². The molecule has 0 aromatic rings. The molecule has 0 radical (unpaired) electrons. The van der Waals surface area contributed by atoms with E-state index in [1.807, 2.05) is 13.0 Å². The Hall–Kier alpha value is -0.830. The highest BCUT2D eigenvalue weighted by atomic mass is 16.5. The first-order valence-electron chi connectivity index (χ1n) is 9.17. The molecule has 1 heterocycles. The smallest absolute Gasteiger partial charge is 0.309 e. The highest BCUT2D eigenvalue weighted by molar-refractivity contribution is 5.75. The van der Waals surface area contributed by atoms with Crippen LogP contribution in [0.2, 0.25) is 0 Å². The molecule has 1 saturated heterocycles. The van der Waals surface area contributed by atoms with E-state index >= 15 is 0 Å². The van der Waals surface area contributed by atoms with Crippen LogP contribution in [0.3, 0.4) is 0 Å². The van der Waals surface area contributed by atoms with Crippen molar-refractivity contribution in [2.45, 2.75) is 83.8 Å². The van der Waals surface area contributed by atoms with Gasteiger partial charge in [-0.05, 0) is 76.5 Å². The van der Waals surface area contributed by atoms with Gasteiger partial charge in [0.1, 0.15) is 0 Å². The van der Waals surface area contributed by atoms with Gasteiger partial charge < -0.3 is 9.84 Å². The molecule has 0 bridgehead atoms. The Balaban J connectivity index is 1.97. The quantitative estimate of drug-likeness (QED) is 0.743. The van der Waals surface area contributed by atoms with Crippen molar-refractivity contribution in [1.82, 2.24) is 0 Å². The number of carboxylic acid groups (broad SMARTS) is 1. The first-order valence-corrected chi connectivity index (χ1v) is 9.17. The van der Waals surface area contributed by atoms with Crippen LogP contribution < -0.4 is 0 Å². The maximum absolute atomic E-state index is 12.0. The van der Waals surface area contributed by atoms with Crippen LogP contribution in [0.25, 0.3) is 0 Å². The van der Waals surface area contributed by atoms with Gasteiger partial charge in [-0.3, -0.25) is 4.79 Å². The lowest BCUT2D eigenvalue weighted by Gasteiger charge is -2.64. The molecule has 0 amide bonds. The van der Waals surface area contributed by atoms with Gasteiger partial charge in [-0.25, -0.2) is 0 Å². The summed E-state index contributed by atoms with van der Waals surface area (Å²) in [6.45, 7) is 12.7. The normalized spacial score (nSPS) is 53.0. The second-order valence-corrected chi connectivity index (χ2v) is 9.20. The van der Waals surface area contributed by atoms with Crippen molar-refractivity contribution in [2.24, 2.45) is 22.7 Å². The first-order chi connectivity index (χ1) is 10.6. The van der Waals surface area contributed by atoms with E-state index in [4.69, 9.17) is 4.74 Å². The highest BCUT2D eigenvalue weighted by Gasteiger charge is 2.63. The van der Waals surface area contributed by atoms with Crippen molar-refractivity contribution >= 4 is 5.97 Å². The molecule has 2 aliphatic carbocycles. The van der Waals surface area contributed by atoms with Crippen molar-refractivity contribution in [2.75, 3.05) is 0 Å². The number of carbonyl (C=O) groups is 1. The van der Waals surface area contributed by atoms with Gasteiger partial charge in [0.25, 0.3) is 0 Å². The van der Waals surface area contributed by atoms with E-state index in [-0.39, 0.29) is 22.5 Å². The second-order valence-electron chi connectivity index (χ2n) is 9.20. The topological polar surface area (TPSA) is 46.5 Å². The predicted octanol–water partition coefficient (Wildman–Crippen LogP) is 4.81. The van der Waals surface area contributed by atoms with Crippen LogP contribution in [0.5, 0.6) is 0 Å². The zero-order valence-electron chi connectivity index (χ0n) is 15.2. The molecule has 3 nitrogen and oxygen atoms in total. The Labute approximate surface area is 140 Å². The van der Waals surface area contributed by atoms with Gasteiger partial charge in [0.15, 0.2) is 0 Å². The van der Waals surface area contributed by atoms with E-state index in [1.54, 1.807) is 0 Å². The summed E-state index contributed by atoms with van der Waals surface area (Å²) in [6, 6.07) is 0. The summed E-state index contributed by atoms with van der Waals surface area (Å²) < 4.78 is 6.59. The summed E-state index contributed by atoms with van der Waals surface area (Å²) in [5.41, 5.74) is -0.892. The standard InChI is InChI=1S/C20H32O3/c1-6-17(2)12-8-15-18(3)10-7-11-19(4,16(21)22)14(18)9-13-20(15,5)23-17/h6,14-15H,1,7-13H2,2-5H3,(H,21,22)/t14-,15-,17-,18+,19+,20-/m0/s1. The van der Waals surface area contributed by atoms with Crippen LogP contribution in [-0.2, 0) is 9.53 Å². The summed E-state index contributed by atoms with van der Waals surface area (Å²) in [7, 11) is 0. The third-order valence-corrected chi connectivity index (χ3v) is 7.76. The molecule has 3 aliphatic rings. The van der Waals surface area contributed by atoms with Gasteiger partial charge in [-0.1, -0.05) is 19.4 Å². The molecule has 0 unspecified atom stereocenters. The Morgan fingerprint density at radius 2 is 1.74 bits per heavy atom. The lowest BCUT2D eigenvalue weighted by atomic mass is 9.44. The Morgan fingerprint density at radius 1 is 1.09 bits per heavy atom. The van der Waals surface area contributed by atoms with Crippen molar-refractivity contribution in [3.63, 3.8) is 0 Å². The van der Waals surface area contributed by atoms with E-state index in [9.17, 15) is 9.90 Å². The van der Waals surface area contributed by atoms with Crippen molar-refractivity contribution in [3.05, 3.63) is 12.7 Å². The van der Waals surface area contributed by atoms with Crippen LogP contribution in [0, 0.1) is 22.7 Å². The van der Waals surface area contributed by atoms with E-state index in [0.29, 0.717) is 5.92 Å². The third-order valence-electron chi connectivity index (χ3n) is 7.76. The molecule has 0 aromatic carbocycles. The molecule has 3 rings (SSSR count). The minimum absolute atomic E-state index is 0.0703. The minimum Gasteiger partial charge on any atom is -0.481 e. The van der Waals surface area contributed by atoms with Gasteiger partial charge in [0.05, 0.1) is 16.6 Å². The summed E-state index contributed by atoms with van der Waals surface area (Å²) in [5.74, 6) is 0.0986. The Morgan fingerprint density at radius 3 is 2.35 bits per heavy atom. The fourth-order valence-electron chi connectivity index (χ4n) is 6.45. The summed E-state index contributed by atoms with van der Waals surface area (Å²) >= 11 is 0. The number of carboxylic acids is 1. The van der Waals surface area contributed by atoms with Crippen molar-refractivity contribution < 1.29 is 14.6 Å². The van der Waals surface area contributed by atoms with E-state index in [2.05, 4.69) is 27.4 Å². The van der Waals surface area contributed by atoms with Crippen molar-refractivity contribution in [3.8, 4) is 0 Å². The van der Waals surface area contributed by atoms with Crippen LogP contribution >= 0.6 is 0 Å². The first kappa shape index (κ1) is 17.0. The molecular formula is C20H32O3. The monoisotopic (exact) mass is 320 g/mol. The zero-order valence-corrected chi connectivity index (χ0v) is 15.2. The minimum atomic E-state index is -0.607. The maximum atomic E-state index is 12.0. The third kappa shape index (κ3) is 2.30. The van der Waals surface area contributed by atoms with E-state index in [1.165, 1.54) is 0 Å². The number of ether oxygens (including phenoxy) is 1. The highest BCUT2D eigenvalue weighted by Crippen LogP contribution is 2.65. The maximum Gasteiger partial charge on any atom is 0.309 e. The van der Waals surface area contributed by atoms with Gasteiger partial charge in [0, 0.05) is 0 Å². The molecule has 2 saturated carbocycles. The van der Waals surface area contributed by atoms with Gasteiger partial charge in [-0.15, -0.1) is 6.58 Å². The average Bonchev–Trinajstić information content (AvgIpc) is 2.45. The van der Waals surface area contributed by atoms with E-state index < -0.39 is 11.4 Å². The number of fused-ring (bicyclic) bond motifs is 3. The fourth-order valence-corrected chi connectivity index (χ4v) is 6.45. The molecule has 0 aromatic heterocycles. The zero-order chi connectivity index (χ0) is 17.1. The van der Waals surface area contributed by atoms with Crippen LogP contribution in [0.4, 0.5) is 0 Å². The molecule has 0 spiro atoms. The lowest BCUT2D eigenvalue weighted by molar-refractivity contribution is -0.254. The van der Waals surface area contributed by atoms with Gasteiger partial charge in [0.2, 0.25) is 0 Å². The summed E-state index contributed by atoms with van der Waals surface area (Å²) in [5, 5.41) is 9.89. The largest absolute Gasteiger partial charge is 0.481 e. The summed E-state index contributed by atoms with van der Waals surface area (Å²) in [6.07, 6.45) is 8.94. The second kappa shape index (κ2) is 5.08. The van der Waals surface area contributed by atoms with Gasteiger partial charge >= 0.3 is 5.97 Å². The number of hydrogen-bond acceptors (Lipinski definition) is 2. The SMILES string of the molecule is C=C[C@@]1(C)CC[C@H]2[C@]3(C)CCC[C@@](C)(C(=O)O)[C@H]3CC[C@]2(C)O1. The Kier molecular flexibility index (Phi) is 3.76. The van der Waals surface area contributed by atoms with Crippen LogP contribution in [-0.4, -0.2) is 22.3 Å². The molecule has 3 fully saturated rings. The number of rotatable bonds is 2. The number of aliphatic carboxylic acids is 1. The molecule has 6 atom stereocenters. The van der Waals surface area contributed by atoms with Crippen LogP contribution in [0.1, 0.15) is 72.6 Å². The molecule has 130 valence electrons. The molecule has 3 heteroatoms. The van der Waals surface area contributed by atoms with E-state index in [0.717, 1.165) is 44.9 Å². The van der Waals surface area contributed by atoms with Gasteiger partial charge in [-0.2, -0.15) is 0 Å². The lowest BCUT2D eigenvalue weighted by Crippen LogP contribution is -2.63. The molecule has 1 aliphatic heterocycles. The average molecular weight is 320 g/mol. The molecule has 23 heavy (non-hydrogen) atoms. The molecular weight excluding hydrogens is 288 g/mol. The number of hydrogen-bond donors (Lipinski definition) is 1. The predicted molar refractivity (Wildman–Crippen MR) is 91.2 cm³/mol.